The third-order valence-electron chi connectivity index (χ3n) is 11.3. The normalized spacial score (nSPS) is 12.0. The van der Waals surface area contributed by atoms with Crippen molar-refractivity contribution in [2.45, 2.75) is 116 Å². The van der Waals surface area contributed by atoms with Crippen molar-refractivity contribution in [3.8, 4) is 45.9 Å². The first-order valence-corrected chi connectivity index (χ1v) is 24.0. The fourth-order valence-electron chi connectivity index (χ4n) is 8.66. The molecular weight excluding hydrogens is 743 g/mol. The number of phenols is 2. The lowest BCUT2D eigenvalue weighted by molar-refractivity contribution is 0.0509. The average molecular weight is 805 g/mol. The maximum Gasteiger partial charge on any atom is 0.188 e. The summed E-state index contributed by atoms with van der Waals surface area (Å²) in [6.07, 6.45) is 0. The predicted octanol–water partition coefficient (Wildman–Crippen LogP) is 12.5. The molecule has 10 heteroatoms. The fourth-order valence-corrected chi connectivity index (χ4v) is 19.1. The summed E-state index contributed by atoms with van der Waals surface area (Å²) in [7, 11) is -0.982. The molecule has 0 atom stereocenters. The monoisotopic (exact) mass is 804 g/mol. The Morgan fingerprint density at radius 3 is 1.09 bits per heavy atom. The van der Waals surface area contributed by atoms with Crippen LogP contribution in [-0.4, -0.2) is 54.2 Å². The zero-order chi connectivity index (χ0) is 42.1. The van der Waals surface area contributed by atoms with Crippen molar-refractivity contribution < 1.29 is 37.9 Å². The maximum absolute atomic E-state index is 14.7. The van der Waals surface area contributed by atoms with Crippen LogP contribution in [0.3, 0.4) is 0 Å². The van der Waals surface area contributed by atoms with Crippen LogP contribution in [0.5, 0.6) is 23.0 Å². The Labute approximate surface area is 335 Å². The number of methoxy groups -OCH3 is 2. The van der Waals surface area contributed by atoms with Gasteiger partial charge in [0.1, 0.15) is 50.8 Å². The van der Waals surface area contributed by atoms with E-state index in [9.17, 15) is 19.0 Å². The molecule has 0 saturated carbocycles. The van der Waals surface area contributed by atoms with Gasteiger partial charge in [-0.1, -0.05) is 107 Å². The van der Waals surface area contributed by atoms with Crippen molar-refractivity contribution in [3.63, 3.8) is 0 Å². The minimum atomic E-state index is -2.02. The van der Waals surface area contributed by atoms with Gasteiger partial charge in [-0.05, 0) is 68.3 Å². The third kappa shape index (κ3) is 9.89. The third-order valence-corrected chi connectivity index (χ3v) is 23.8. The summed E-state index contributed by atoms with van der Waals surface area (Å²) in [6.45, 7) is 26.8. The van der Waals surface area contributed by atoms with E-state index in [1.54, 1.807) is 24.3 Å². The molecule has 56 heavy (non-hydrogen) atoms. The van der Waals surface area contributed by atoms with E-state index in [2.05, 4.69) is 106 Å². The maximum atomic E-state index is 14.7. The summed E-state index contributed by atoms with van der Waals surface area (Å²) in [5.74, 6) is 6.32. The molecule has 6 nitrogen and oxygen atoms in total. The van der Waals surface area contributed by atoms with Gasteiger partial charge in [-0.25, -0.2) is 8.78 Å². The molecule has 0 unspecified atom stereocenters. The van der Waals surface area contributed by atoms with Gasteiger partial charge in [0, 0.05) is 37.1 Å². The molecule has 304 valence electrons. The molecule has 0 amide bonds. The van der Waals surface area contributed by atoms with Crippen molar-refractivity contribution in [2.75, 3.05) is 27.8 Å². The highest BCUT2D eigenvalue weighted by atomic mass is 28.3. The van der Waals surface area contributed by atoms with Crippen LogP contribution in [0.15, 0.2) is 48.5 Å². The first kappa shape index (κ1) is 46.3. The standard InChI is InChI=1S/2C23H31FO3Si/c2*1-15(2)28(16(3)4,17(5)6)11-10-20-21(24)9-8-18-12-19(27-14-26-7)13-22(25)23(18)20/h2*8-9,12-13,15-17,25H,14H2,1-7H3. The summed E-state index contributed by atoms with van der Waals surface area (Å²) >= 11 is 0. The second-order valence-corrected chi connectivity index (χ2v) is 27.5. The Hall–Kier alpha value is -4.07. The zero-order valence-corrected chi connectivity index (χ0v) is 37.8. The first-order valence-electron chi connectivity index (χ1n) is 19.5. The summed E-state index contributed by atoms with van der Waals surface area (Å²) < 4.78 is 50.1. The van der Waals surface area contributed by atoms with E-state index >= 15 is 0 Å². The largest absolute Gasteiger partial charge is 0.507 e. The SMILES string of the molecule is COCOc1cc(O)c2c(C#C[Si](C(C)C)(C(C)C)C(C)C)c(F)ccc2c1.COCOc1cc(O)c2c(C#C[Si](C(C)C)(C(C)C)C(C)C)c(F)ccc2c1. The first-order chi connectivity index (χ1) is 26.3. The Balaban J connectivity index is 0.000000300. The summed E-state index contributed by atoms with van der Waals surface area (Å²) in [4.78, 5) is 0. The number of rotatable bonds is 12. The molecule has 0 aliphatic heterocycles. The molecule has 4 aromatic rings. The molecule has 4 rings (SSSR count). The highest BCUT2D eigenvalue weighted by Crippen LogP contribution is 2.43. The second-order valence-electron chi connectivity index (χ2n) is 16.3. The van der Waals surface area contributed by atoms with Gasteiger partial charge in [0.05, 0.1) is 11.1 Å². The molecule has 2 N–H and O–H groups in total. The smallest absolute Gasteiger partial charge is 0.188 e. The molecule has 0 aliphatic carbocycles. The van der Waals surface area contributed by atoms with Gasteiger partial charge in [0.25, 0.3) is 0 Å². The number of fused-ring (bicyclic) bond motifs is 2. The van der Waals surface area contributed by atoms with Crippen LogP contribution < -0.4 is 9.47 Å². The lowest BCUT2D eigenvalue weighted by Crippen LogP contribution is -2.43. The molecule has 0 saturated heterocycles. The van der Waals surface area contributed by atoms with Crippen LogP contribution >= 0.6 is 0 Å². The van der Waals surface area contributed by atoms with E-state index in [1.807, 2.05) is 0 Å². The number of hydrogen-bond donors (Lipinski definition) is 2. The van der Waals surface area contributed by atoms with Gasteiger partial charge < -0.3 is 29.2 Å². The molecule has 0 spiro atoms. The van der Waals surface area contributed by atoms with Crippen molar-refractivity contribution in [3.05, 3.63) is 71.3 Å². The quantitative estimate of drug-likeness (QED) is 0.0844. The van der Waals surface area contributed by atoms with Gasteiger partial charge in [-0.3, -0.25) is 0 Å². The van der Waals surface area contributed by atoms with E-state index in [-0.39, 0.29) is 36.2 Å². The Morgan fingerprint density at radius 1 is 0.518 bits per heavy atom. The van der Waals surface area contributed by atoms with E-state index in [4.69, 9.17) is 18.9 Å². The van der Waals surface area contributed by atoms with Gasteiger partial charge in [-0.2, -0.15) is 0 Å². The van der Waals surface area contributed by atoms with Crippen molar-refractivity contribution >= 4 is 37.7 Å². The lowest BCUT2D eigenvalue weighted by Gasteiger charge is -2.38. The van der Waals surface area contributed by atoms with Crippen LogP contribution in [0, 0.1) is 34.6 Å². The Kier molecular flexibility index (Phi) is 16.4. The zero-order valence-electron chi connectivity index (χ0n) is 35.8. The van der Waals surface area contributed by atoms with Gasteiger partial charge in [0.15, 0.2) is 13.6 Å². The molecule has 0 fully saturated rings. The molecule has 4 aromatic carbocycles. The van der Waals surface area contributed by atoms with Crippen molar-refractivity contribution in [1.29, 1.82) is 0 Å². The molecule has 0 radical (unpaired) electrons. The van der Waals surface area contributed by atoms with Crippen LogP contribution in [0.25, 0.3) is 21.5 Å². The number of ether oxygens (including phenoxy) is 4. The molecule has 0 heterocycles. The highest BCUT2D eigenvalue weighted by molar-refractivity contribution is 6.91. The second kappa shape index (κ2) is 19.9. The van der Waals surface area contributed by atoms with Crippen LogP contribution in [0.2, 0.25) is 33.2 Å². The Morgan fingerprint density at radius 2 is 0.821 bits per heavy atom. The van der Waals surface area contributed by atoms with E-state index in [0.717, 1.165) is 0 Å². The number of benzene rings is 4. The lowest BCUT2D eigenvalue weighted by atomic mass is 10.0. The van der Waals surface area contributed by atoms with E-state index in [1.165, 1.54) is 38.5 Å². The predicted molar refractivity (Wildman–Crippen MR) is 232 cm³/mol. The highest BCUT2D eigenvalue weighted by Gasteiger charge is 2.42. The van der Waals surface area contributed by atoms with Crippen LogP contribution in [0.4, 0.5) is 8.78 Å². The van der Waals surface area contributed by atoms with Crippen molar-refractivity contribution in [2.24, 2.45) is 0 Å². The number of aromatic hydroxyl groups is 2. The molecule has 0 bridgehead atoms. The molecular formula is C46H62F2O6Si2. The Bertz CT molecular complexity index is 1890. The number of hydrogen-bond acceptors (Lipinski definition) is 6. The average Bonchev–Trinajstić information content (AvgIpc) is 3.11. The van der Waals surface area contributed by atoms with E-state index in [0.29, 0.717) is 66.3 Å². The van der Waals surface area contributed by atoms with Crippen molar-refractivity contribution in [1.82, 2.24) is 0 Å². The topological polar surface area (TPSA) is 77.4 Å². The molecule has 0 aromatic heterocycles. The van der Waals surface area contributed by atoms with Crippen LogP contribution in [-0.2, 0) is 9.47 Å². The summed E-state index contributed by atoms with van der Waals surface area (Å²) in [6, 6.07) is 12.5. The summed E-state index contributed by atoms with van der Waals surface area (Å²) in [5.41, 5.74) is 10.3. The fraction of sp³-hybridized carbons (Fsp3) is 0.478. The van der Waals surface area contributed by atoms with Gasteiger partial charge in [0.2, 0.25) is 0 Å². The van der Waals surface area contributed by atoms with Gasteiger partial charge in [-0.15, -0.1) is 11.1 Å². The van der Waals surface area contributed by atoms with Crippen LogP contribution in [0.1, 0.15) is 94.2 Å². The minimum Gasteiger partial charge on any atom is -0.507 e. The van der Waals surface area contributed by atoms with Gasteiger partial charge >= 0.3 is 0 Å². The van der Waals surface area contributed by atoms with E-state index < -0.39 is 27.8 Å². The summed E-state index contributed by atoms with van der Waals surface area (Å²) in [5, 5.41) is 23.4. The number of phenolic OH excluding ortho intramolecular Hbond substituents is 2. The number of halogens is 2. The minimum absolute atomic E-state index is 0.0432. The molecule has 0 aliphatic rings.